The maximum Gasteiger partial charge on any atom is 0.260 e. The van der Waals surface area contributed by atoms with E-state index in [2.05, 4.69) is 18.8 Å². The van der Waals surface area contributed by atoms with Gasteiger partial charge in [-0.15, -0.1) is 0 Å². The molecule has 0 aliphatic heterocycles. The summed E-state index contributed by atoms with van der Waals surface area (Å²) < 4.78 is 26.2. The van der Waals surface area contributed by atoms with Crippen molar-refractivity contribution in [3.05, 3.63) is 23.9 Å². The van der Waals surface area contributed by atoms with Gasteiger partial charge in [-0.25, -0.2) is 13.4 Å². The number of hydrogen-bond donors (Lipinski definition) is 1. The Morgan fingerprint density at radius 1 is 1.32 bits per heavy atom. The highest BCUT2D eigenvalue weighted by Gasteiger charge is 2.26. The molecule has 0 saturated carbocycles. The predicted octanol–water partition coefficient (Wildman–Crippen LogP) is 1.60. The minimum atomic E-state index is -3.53. The molecule has 0 saturated heterocycles. The van der Waals surface area contributed by atoms with Gasteiger partial charge in [0.2, 0.25) is 0 Å². The smallest absolute Gasteiger partial charge is 0.260 e. The summed E-state index contributed by atoms with van der Waals surface area (Å²) in [6.45, 7) is 6.41. The maximum atomic E-state index is 12.4. The van der Waals surface area contributed by atoms with Crippen molar-refractivity contribution in [1.82, 2.24) is 9.29 Å². The highest BCUT2D eigenvalue weighted by Crippen LogP contribution is 2.18. The van der Waals surface area contributed by atoms with Gasteiger partial charge in [0.1, 0.15) is 0 Å². The average molecular weight is 285 g/mol. The van der Waals surface area contributed by atoms with Crippen molar-refractivity contribution in [1.29, 1.82) is 0 Å². The third kappa shape index (κ3) is 3.99. The molecule has 1 unspecified atom stereocenters. The van der Waals surface area contributed by atoms with Crippen LogP contribution < -0.4 is 5.73 Å². The van der Waals surface area contributed by atoms with E-state index in [1.54, 1.807) is 13.1 Å². The second-order valence-corrected chi connectivity index (χ2v) is 7.15. The van der Waals surface area contributed by atoms with Gasteiger partial charge in [-0.1, -0.05) is 19.9 Å². The van der Waals surface area contributed by atoms with Gasteiger partial charge in [-0.2, -0.15) is 4.31 Å². The van der Waals surface area contributed by atoms with Crippen LogP contribution in [0.3, 0.4) is 0 Å². The molecule has 0 aliphatic rings. The quantitative estimate of drug-likeness (QED) is 0.861. The van der Waals surface area contributed by atoms with Gasteiger partial charge >= 0.3 is 0 Å². The Hall–Kier alpha value is -0.980. The Kier molecular flexibility index (Phi) is 5.46. The first-order chi connectivity index (χ1) is 8.78. The molecule has 6 heteroatoms. The average Bonchev–Trinajstić information content (AvgIpc) is 2.37. The highest BCUT2D eigenvalue weighted by molar-refractivity contribution is 7.89. The number of rotatable bonds is 6. The van der Waals surface area contributed by atoms with E-state index in [9.17, 15) is 8.42 Å². The lowest BCUT2D eigenvalue weighted by Gasteiger charge is -2.25. The molecule has 1 rings (SSSR count). The van der Waals surface area contributed by atoms with E-state index in [0.29, 0.717) is 12.5 Å². The van der Waals surface area contributed by atoms with Crippen LogP contribution in [-0.2, 0) is 16.6 Å². The Bertz CT molecular complexity index is 497. The SMILES string of the molecule is CC(C)CC(C)N(C)S(=O)(=O)c1ccc(CN)cn1. The summed E-state index contributed by atoms with van der Waals surface area (Å²) in [6.07, 6.45) is 2.32. The zero-order valence-electron chi connectivity index (χ0n) is 12.0. The van der Waals surface area contributed by atoms with Crippen LogP contribution in [0.4, 0.5) is 0 Å². The molecule has 1 atom stereocenters. The lowest BCUT2D eigenvalue weighted by Crippen LogP contribution is -2.36. The predicted molar refractivity (Wildman–Crippen MR) is 76.0 cm³/mol. The van der Waals surface area contributed by atoms with Crippen molar-refractivity contribution in [3.63, 3.8) is 0 Å². The van der Waals surface area contributed by atoms with Gasteiger partial charge in [0, 0.05) is 25.8 Å². The summed E-state index contributed by atoms with van der Waals surface area (Å²) in [6, 6.07) is 3.15. The third-order valence-electron chi connectivity index (χ3n) is 3.11. The lowest BCUT2D eigenvalue weighted by atomic mass is 10.1. The first-order valence-electron chi connectivity index (χ1n) is 6.42. The van der Waals surface area contributed by atoms with Crippen LogP contribution in [0.25, 0.3) is 0 Å². The van der Waals surface area contributed by atoms with Gasteiger partial charge in [0.05, 0.1) is 0 Å². The molecule has 2 N–H and O–H groups in total. The second kappa shape index (κ2) is 6.45. The molecule has 5 nitrogen and oxygen atoms in total. The van der Waals surface area contributed by atoms with Gasteiger partial charge in [-0.05, 0) is 30.9 Å². The van der Waals surface area contributed by atoms with Crippen LogP contribution in [0.2, 0.25) is 0 Å². The number of aromatic nitrogens is 1. The van der Waals surface area contributed by atoms with E-state index >= 15 is 0 Å². The van der Waals surface area contributed by atoms with Gasteiger partial charge < -0.3 is 5.73 Å². The van der Waals surface area contributed by atoms with Crippen LogP contribution in [-0.4, -0.2) is 30.8 Å². The molecule has 0 aliphatic carbocycles. The van der Waals surface area contributed by atoms with Crippen LogP contribution >= 0.6 is 0 Å². The summed E-state index contributed by atoms with van der Waals surface area (Å²) in [5.74, 6) is 0.445. The summed E-state index contributed by atoms with van der Waals surface area (Å²) in [5, 5.41) is 0.0720. The highest BCUT2D eigenvalue weighted by atomic mass is 32.2. The molecule has 19 heavy (non-hydrogen) atoms. The maximum absolute atomic E-state index is 12.4. The summed E-state index contributed by atoms with van der Waals surface area (Å²) >= 11 is 0. The third-order valence-corrected chi connectivity index (χ3v) is 5.00. The molecule has 0 fully saturated rings. The van der Waals surface area contributed by atoms with E-state index < -0.39 is 10.0 Å². The van der Waals surface area contributed by atoms with Gasteiger partial charge in [0.25, 0.3) is 10.0 Å². The molecule has 0 aromatic carbocycles. The zero-order chi connectivity index (χ0) is 14.6. The fourth-order valence-electron chi connectivity index (χ4n) is 1.90. The fourth-order valence-corrected chi connectivity index (χ4v) is 3.18. The molecular weight excluding hydrogens is 262 g/mol. The molecular formula is C13H23N3O2S. The Morgan fingerprint density at radius 3 is 2.37 bits per heavy atom. The molecule has 108 valence electrons. The monoisotopic (exact) mass is 285 g/mol. The first kappa shape index (κ1) is 16.1. The van der Waals surface area contributed by atoms with E-state index in [0.717, 1.165) is 12.0 Å². The Morgan fingerprint density at radius 2 is 1.95 bits per heavy atom. The van der Waals surface area contributed by atoms with Gasteiger partial charge in [-0.3, -0.25) is 0 Å². The largest absolute Gasteiger partial charge is 0.326 e. The molecule has 1 heterocycles. The van der Waals surface area contributed by atoms with Crippen molar-refractivity contribution >= 4 is 10.0 Å². The number of pyridine rings is 1. The van der Waals surface area contributed by atoms with Crippen LogP contribution in [0.15, 0.2) is 23.4 Å². The fraction of sp³-hybridized carbons (Fsp3) is 0.615. The number of hydrogen-bond acceptors (Lipinski definition) is 4. The first-order valence-corrected chi connectivity index (χ1v) is 7.86. The van der Waals surface area contributed by atoms with E-state index in [4.69, 9.17) is 5.73 Å². The summed E-state index contributed by atoms with van der Waals surface area (Å²) in [5.41, 5.74) is 6.29. The minimum absolute atomic E-state index is 0.0546. The Labute approximate surface area is 115 Å². The van der Waals surface area contributed by atoms with E-state index in [1.807, 2.05) is 6.92 Å². The Balaban J connectivity index is 2.95. The van der Waals surface area contributed by atoms with Crippen LogP contribution in [0, 0.1) is 5.92 Å². The standard InChI is InChI=1S/C13H23N3O2S/c1-10(2)7-11(3)16(4)19(17,18)13-6-5-12(8-14)9-15-13/h5-6,9-11H,7-8,14H2,1-4H3. The number of nitrogens with two attached hydrogens (primary N) is 1. The summed E-state index contributed by atoms with van der Waals surface area (Å²) in [7, 11) is -1.93. The number of sulfonamides is 1. The topological polar surface area (TPSA) is 76.3 Å². The van der Waals surface area contributed by atoms with Crippen LogP contribution in [0.1, 0.15) is 32.8 Å². The van der Waals surface area contributed by atoms with E-state index in [1.165, 1.54) is 16.6 Å². The van der Waals surface area contributed by atoms with Crippen molar-refractivity contribution in [3.8, 4) is 0 Å². The molecule has 1 aromatic heterocycles. The zero-order valence-corrected chi connectivity index (χ0v) is 12.8. The minimum Gasteiger partial charge on any atom is -0.326 e. The molecule has 1 aromatic rings. The van der Waals surface area contributed by atoms with Crippen LogP contribution in [0.5, 0.6) is 0 Å². The summed E-state index contributed by atoms with van der Waals surface area (Å²) in [4.78, 5) is 3.99. The van der Waals surface area contributed by atoms with Gasteiger partial charge in [0.15, 0.2) is 5.03 Å². The molecule has 0 bridgehead atoms. The molecule has 0 radical (unpaired) electrons. The van der Waals surface area contributed by atoms with Crippen molar-refractivity contribution in [2.24, 2.45) is 11.7 Å². The molecule has 0 spiro atoms. The van der Waals surface area contributed by atoms with Crippen molar-refractivity contribution in [2.75, 3.05) is 7.05 Å². The number of nitrogens with zero attached hydrogens (tertiary/aromatic N) is 2. The van der Waals surface area contributed by atoms with Crippen molar-refractivity contribution < 1.29 is 8.42 Å². The van der Waals surface area contributed by atoms with E-state index in [-0.39, 0.29) is 11.1 Å². The van der Waals surface area contributed by atoms with Crippen molar-refractivity contribution in [2.45, 2.75) is 44.8 Å². The second-order valence-electron chi connectivity index (χ2n) is 5.21. The molecule has 0 amide bonds. The lowest BCUT2D eigenvalue weighted by molar-refractivity contribution is 0.337. The normalized spacial score (nSPS) is 14.1.